The van der Waals surface area contributed by atoms with Crippen molar-refractivity contribution < 1.29 is 30.0 Å². The Morgan fingerprint density at radius 3 is 2.04 bits per heavy atom. The molecule has 24 heavy (non-hydrogen) atoms. The second kappa shape index (κ2) is 6.54. The number of fused-ring (bicyclic) bond motifs is 1. The van der Waals surface area contributed by atoms with Crippen LogP contribution in [0.3, 0.4) is 0 Å². The molecular formula is C18H18O6. The van der Waals surface area contributed by atoms with Gasteiger partial charge >= 0.3 is 5.97 Å². The number of allylic oxidation sites excluding steroid dienone is 3. The van der Waals surface area contributed by atoms with Crippen molar-refractivity contribution >= 4 is 22.5 Å². The van der Waals surface area contributed by atoms with Gasteiger partial charge in [-0.05, 0) is 38.1 Å². The number of benzene rings is 2. The molecule has 0 saturated carbocycles. The van der Waals surface area contributed by atoms with Crippen molar-refractivity contribution in [3.05, 3.63) is 41.5 Å². The lowest BCUT2D eigenvalue weighted by Gasteiger charge is -2.14. The van der Waals surface area contributed by atoms with Crippen LogP contribution in [0.1, 0.15) is 26.3 Å². The van der Waals surface area contributed by atoms with Crippen LogP contribution in [0.15, 0.2) is 35.9 Å². The maximum Gasteiger partial charge on any atom is 0.308 e. The molecule has 2 aromatic rings. The minimum Gasteiger partial charge on any atom is -0.507 e. The summed E-state index contributed by atoms with van der Waals surface area (Å²) in [6.45, 7) is 4.88. The zero-order valence-corrected chi connectivity index (χ0v) is 13.5. The Bertz CT molecular complexity index is 873. The maximum absolute atomic E-state index is 11.3. The molecule has 6 heteroatoms. The average molecular weight is 330 g/mol. The van der Waals surface area contributed by atoms with Gasteiger partial charge in [-0.3, -0.25) is 4.79 Å². The predicted molar refractivity (Wildman–Crippen MR) is 89.8 cm³/mol. The maximum atomic E-state index is 11.3. The zero-order valence-electron chi connectivity index (χ0n) is 13.5. The predicted octanol–water partition coefficient (Wildman–Crippen LogP) is 3.53. The Labute approximate surface area is 138 Å². The van der Waals surface area contributed by atoms with Gasteiger partial charge in [0.2, 0.25) is 0 Å². The Morgan fingerprint density at radius 1 is 0.917 bits per heavy atom. The number of phenols is 4. The highest BCUT2D eigenvalue weighted by Crippen LogP contribution is 2.46. The highest BCUT2D eigenvalue weighted by molar-refractivity contribution is 6.04. The monoisotopic (exact) mass is 330 g/mol. The van der Waals surface area contributed by atoms with Gasteiger partial charge in [0.05, 0.1) is 16.3 Å². The minimum absolute atomic E-state index is 0.00106. The molecule has 0 fully saturated rings. The standard InChI is InChI=1S/C18H18O6/c1-9(2)4-7-15(24-10(3)19)11-8-14(22)16-12(20)5-6-13(21)17(16)18(11)23/h4-8,20-23H,1-3H3/b15-7-. The van der Waals surface area contributed by atoms with Crippen LogP contribution in [-0.4, -0.2) is 26.4 Å². The van der Waals surface area contributed by atoms with Crippen molar-refractivity contribution in [1.82, 2.24) is 0 Å². The van der Waals surface area contributed by atoms with Crippen molar-refractivity contribution in [2.45, 2.75) is 20.8 Å². The largest absolute Gasteiger partial charge is 0.507 e. The molecule has 2 aromatic carbocycles. The van der Waals surface area contributed by atoms with Crippen LogP contribution in [0, 0.1) is 0 Å². The second-order valence-corrected chi connectivity index (χ2v) is 5.51. The summed E-state index contributed by atoms with van der Waals surface area (Å²) in [6.07, 6.45) is 3.14. The molecule has 0 aliphatic rings. The SMILES string of the molecule is CC(=O)O/C(=C\C=C(C)C)c1cc(O)c2c(O)ccc(O)c2c1O. The lowest BCUT2D eigenvalue weighted by molar-refractivity contribution is -0.134. The van der Waals surface area contributed by atoms with Crippen molar-refractivity contribution in [1.29, 1.82) is 0 Å². The highest BCUT2D eigenvalue weighted by atomic mass is 16.5. The number of ether oxygens (including phenoxy) is 1. The summed E-state index contributed by atoms with van der Waals surface area (Å²) in [5, 5.41) is 40.3. The van der Waals surface area contributed by atoms with Gasteiger partial charge in [-0.1, -0.05) is 11.6 Å². The van der Waals surface area contributed by atoms with Crippen molar-refractivity contribution in [3.63, 3.8) is 0 Å². The van der Waals surface area contributed by atoms with E-state index in [0.29, 0.717) is 0 Å². The van der Waals surface area contributed by atoms with Crippen LogP contribution < -0.4 is 0 Å². The van der Waals surface area contributed by atoms with E-state index in [1.54, 1.807) is 6.08 Å². The van der Waals surface area contributed by atoms with Crippen molar-refractivity contribution in [2.75, 3.05) is 0 Å². The zero-order chi connectivity index (χ0) is 18.0. The molecule has 0 aliphatic heterocycles. The average Bonchev–Trinajstić information content (AvgIpc) is 2.49. The van der Waals surface area contributed by atoms with Crippen LogP contribution in [-0.2, 0) is 9.53 Å². The number of esters is 1. The molecule has 2 rings (SSSR count). The third kappa shape index (κ3) is 3.27. The smallest absolute Gasteiger partial charge is 0.308 e. The summed E-state index contributed by atoms with van der Waals surface area (Å²) in [4.78, 5) is 11.3. The third-order valence-electron chi connectivity index (χ3n) is 3.28. The van der Waals surface area contributed by atoms with E-state index in [-0.39, 0.29) is 39.3 Å². The molecule has 0 saturated heterocycles. The van der Waals surface area contributed by atoms with Gasteiger partial charge in [0.1, 0.15) is 28.8 Å². The van der Waals surface area contributed by atoms with Crippen molar-refractivity contribution in [2.24, 2.45) is 0 Å². The van der Waals surface area contributed by atoms with Crippen LogP contribution in [0.25, 0.3) is 16.5 Å². The number of carbonyl (C=O) groups is 1. The van der Waals surface area contributed by atoms with Gasteiger partial charge in [-0.2, -0.15) is 0 Å². The number of phenolic OH excluding ortho intramolecular Hbond substituents is 4. The topological polar surface area (TPSA) is 107 Å². The van der Waals surface area contributed by atoms with Gasteiger partial charge in [0, 0.05) is 6.92 Å². The normalized spacial score (nSPS) is 11.4. The Hall–Kier alpha value is -3.15. The van der Waals surface area contributed by atoms with Crippen LogP contribution in [0.2, 0.25) is 0 Å². The first kappa shape index (κ1) is 17.2. The van der Waals surface area contributed by atoms with Gasteiger partial charge < -0.3 is 25.2 Å². The van der Waals surface area contributed by atoms with Crippen LogP contribution in [0.5, 0.6) is 23.0 Å². The van der Waals surface area contributed by atoms with E-state index < -0.39 is 11.7 Å². The van der Waals surface area contributed by atoms with E-state index in [1.165, 1.54) is 25.1 Å². The quantitative estimate of drug-likeness (QED) is 0.297. The first-order chi connectivity index (χ1) is 11.2. The van der Waals surface area contributed by atoms with Gasteiger partial charge in [-0.15, -0.1) is 0 Å². The molecule has 0 amide bonds. The molecule has 0 heterocycles. The fourth-order valence-electron chi connectivity index (χ4n) is 2.26. The first-order valence-corrected chi connectivity index (χ1v) is 7.16. The summed E-state index contributed by atoms with van der Waals surface area (Å²) in [6, 6.07) is 3.54. The molecule has 0 aromatic heterocycles. The molecular weight excluding hydrogens is 312 g/mol. The summed E-state index contributed by atoms with van der Waals surface area (Å²) in [7, 11) is 0. The van der Waals surface area contributed by atoms with Gasteiger partial charge in [-0.25, -0.2) is 0 Å². The molecule has 0 bridgehead atoms. The van der Waals surface area contributed by atoms with Crippen LogP contribution in [0.4, 0.5) is 0 Å². The molecule has 0 spiro atoms. The van der Waals surface area contributed by atoms with E-state index in [2.05, 4.69) is 0 Å². The number of rotatable bonds is 3. The summed E-state index contributed by atoms with van der Waals surface area (Å²) in [5.74, 6) is -2.04. The molecule has 0 unspecified atom stereocenters. The number of aromatic hydroxyl groups is 4. The second-order valence-electron chi connectivity index (χ2n) is 5.51. The van der Waals surface area contributed by atoms with Gasteiger partial charge in [0.15, 0.2) is 0 Å². The van der Waals surface area contributed by atoms with E-state index in [0.717, 1.165) is 11.6 Å². The Morgan fingerprint density at radius 2 is 1.50 bits per heavy atom. The van der Waals surface area contributed by atoms with Crippen molar-refractivity contribution in [3.8, 4) is 23.0 Å². The number of hydrogen-bond donors (Lipinski definition) is 4. The summed E-state index contributed by atoms with van der Waals surface area (Å²) >= 11 is 0. The molecule has 4 N–H and O–H groups in total. The van der Waals surface area contributed by atoms with Gasteiger partial charge in [0.25, 0.3) is 0 Å². The lowest BCUT2D eigenvalue weighted by atomic mass is 10.0. The lowest BCUT2D eigenvalue weighted by Crippen LogP contribution is -1.99. The highest BCUT2D eigenvalue weighted by Gasteiger charge is 2.21. The minimum atomic E-state index is -0.609. The van der Waals surface area contributed by atoms with E-state index >= 15 is 0 Å². The summed E-state index contributed by atoms with van der Waals surface area (Å²) < 4.78 is 5.10. The van der Waals surface area contributed by atoms with E-state index in [9.17, 15) is 25.2 Å². The molecule has 0 aliphatic carbocycles. The van der Waals surface area contributed by atoms with E-state index in [4.69, 9.17) is 4.74 Å². The molecule has 0 atom stereocenters. The molecule has 0 radical (unpaired) electrons. The van der Waals surface area contributed by atoms with Crippen LogP contribution >= 0.6 is 0 Å². The molecule has 6 nitrogen and oxygen atoms in total. The third-order valence-corrected chi connectivity index (χ3v) is 3.28. The first-order valence-electron chi connectivity index (χ1n) is 7.16. The number of carbonyl (C=O) groups excluding carboxylic acids is 1. The summed E-state index contributed by atoms with van der Waals surface area (Å²) in [5.41, 5.74) is 0.929. The fourth-order valence-corrected chi connectivity index (χ4v) is 2.26. The van der Waals surface area contributed by atoms with E-state index in [1.807, 2.05) is 13.8 Å². The Balaban J connectivity index is 2.82. The molecule has 126 valence electrons. The Kier molecular flexibility index (Phi) is 4.69. The fraction of sp³-hybridized carbons (Fsp3) is 0.167. The number of hydrogen-bond acceptors (Lipinski definition) is 6.